The maximum Gasteiger partial charge on any atom is 0.191 e. The van der Waals surface area contributed by atoms with E-state index in [4.69, 9.17) is 9.26 Å². The molecular weight excluding hydrogens is 505 g/mol. The van der Waals surface area contributed by atoms with Crippen molar-refractivity contribution in [1.29, 1.82) is 0 Å². The van der Waals surface area contributed by atoms with Gasteiger partial charge in [0.15, 0.2) is 5.96 Å². The second-order valence-corrected chi connectivity index (χ2v) is 7.75. The van der Waals surface area contributed by atoms with Gasteiger partial charge in [0.2, 0.25) is 0 Å². The van der Waals surface area contributed by atoms with Gasteiger partial charge in [-0.3, -0.25) is 9.89 Å². The standard InChI is InChI=1S/C23H35N5O2.HI/c1-5-21-20(22(6-2)30-27-21)14-26-23(24-4)25-13-18-8-7-9-19(12-18)16-28-10-11-29-17(3)15-28;/h7-9,12,17H,5-6,10-11,13-16H2,1-4H3,(H2,24,25,26);1H. The highest BCUT2D eigenvalue weighted by molar-refractivity contribution is 14.0. The van der Waals surface area contributed by atoms with E-state index in [1.54, 1.807) is 7.05 Å². The molecule has 2 aromatic rings. The van der Waals surface area contributed by atoms with Gasteiger partial charge >= 0.3 is 0 Å². The third kappa shape index (κ3) is 7.47. The molecule has 1 aromatic heterocycles. The number of ether oxygens (including phenoxy) is 1. The van der Waals surface area contributed by atoms with Crippen LogP contribution in [-0.4, -0.2) is 48.9 Å². The van der Waals surface area contributed by atoms with Gasteiger partial charge in [0.25, 0.3) is 0 Å². The molecule has 7 nitrogen and oxygen atoms in total. The third-order valence-electron chi connectivity index (χ3n) is 5.45. The Hall–Kier alpha value is -1.65. The zero-order chi connectivity index (χ0) is 21.3. The molecule has 172 valence electrons. The zero-order valence-electron chi connectivity index (χ0n) is 19.1. The van der Waals surface area contributed by atoms with Crippen LogP contribution in [0.4, 0.5) is 0 Å². The van der Waals surface area contributed by atoms with Gasteiger partial charge in [0.1, 0.15) is 5.76 Å². The first-order valence-electron chi connectivity index (χ1n) is 11.0. The van der Waals surface area contributed by atoms with Crippen LogP contribution in [0.25, 0.3) is 0 Å². The number of morpholine rings is 1. The van der Waals surface area contributed by atoms with Crippen LogP contribution in [0.5, 0.6) is 0 Å². The first kappa shape index (κ1) is 25.6. The summed E-state index contributed by atoms with van der Waals surface area (Å²) in [5.41, 5.74) is 4.73. The largest absolute Gasteiger partial charge is 0.376 e. The molecule has 1 atom stereocenters. The van der Waals surface area contributed by atoms with Crippen molar-refractivity contribution < 1.29 is 9.26 Å². The molecule has 1 saturated heterocycles. The highest BCUT2D eigenvalue weighted by atomic mass is 127. The lowest BCUT2D eigenvalue weighted by atomic mass is 10.1. The van der Waals surface area contributed by atoms with Crippen molar-refractivity contribution >= 4 is 29.9 Å². The van der Waals surface area contributed by atoms with Gasteiger partial charge in [0.05, 0.1) is 18.4 Å². The summed E-state index contributed by atoms with van der Waals surface area (Å²) in [5, 5.41) is 11.0. The minimum absolute atomic E-state index is 0. The summed E-state index contributed by atoms with van der Waals surface area (Å²) in [6.45, 7) is 11.4. The molecule has 0 spiro atoms. The second kappa shape index (κ2) is 13.0. The van der Waals surface area contributed by atoms with E-state index >= 15 is 0 Å². The fraction of sp³-hybridized carbons (Fsp3) is 0.565. The lowest BCUT2D eigenvalue weighted by Crippen LogP contribution is -2.40. The highest BCUT2D eigenvalue weighted by Crippen LogP contribution is 2.15. The predicted molar refractivity (Wildman–Crippen MR) is 135 cm³/mol. The summed E-state index contributed by atoms with van der Waals surface area (Å²) >= 11 is 0. The maximum atomic E-state index is 5.64. The number of guanidine groups is 1. The summed E-state index contributed by atoms with van der Waals surface area (Å²) in [4.78, 5) is 6.81. The Kier molecular flexibility index (Phi) is 10.8. The fourth-order valence-electron chi connectivity index (χ4n) is 3.85. The van der Waals surface area contributed by atoms with E-state index in [-0.39, 0.29) is 24.0 Å². The van der Waals surface area contributed by atoms with Gasteiger partial charge in [0, 0.05) is 51.8 Å². The van der Waals surface area contributed by atoms with Crippen molar-refractivity contribution in [3.05, 3.63) is 52.4 Å². The number of halogens is 1. The van der Waals surface area contributed by atoms with Gasteiger partial charge in [-0.25, -0.2) is 0 Å². The number of rotatable bonds is 8. The van der Waals surface area contributed by atoms with Gasteiger partial charge in [-0.15, -0.1) is 24.0 Å². The van der Waals surface area contributed by atoms with Gasteiger partial charge in [-0.05, 0) is 24.5 Å². The van der Waals surface area contributed by atoms with E-state index in [0.29, 0.717) is 12.6 Å². The summed E-state index contributed by atoms with van der Waals surface area (Å²) < 4.78 is 11.1. The van der Waals surface area contributed by atoms with E-state index in [2.05, 4.69) is 70.7 Å². The number of hydrogen-bond acceptors (Lipinski definition) is 5. The molecule has 1 fully saturated rings. The van der Waals surface area contributed by atoms with Crippen LogP contribution in [0.1, 0.15) is 48.9 Å². The molecule has 1 unspecified atom stereocenters. The van der Waals surface area contributed by atoms with Crippen molar-refractivity contribution in [1.82, 2.24) is 20.7 Å². The summed E-state index contributed by atoms with van der Waals surface area (Å²) in [6.07, 6.45) is 2.01. The Bertz CT molecular complexity index is 818. The molecular formula is C23H36IN5O2. The maximum absolute atomic E-state index is 5.64. The smallest absolute Gasteiger partial charge is 0.191 e. The molecule has 1 aromatic carbocycles. The van der Waals surface area contributed by atoms with Gasteiger partial charge in [-0.1, -0.05) is 43.3 Å². The zero-order valence-corrected chi connectivity index (χ0v) is 21.4. The molecule has 3 rings (SSSR count). The van der Waals surface area contributed by atoms with Crippen LogP contribution in [0.2, 0.25) is 0 Å². The van der Waals surface area contributed by atoms with Crippen LogP contribution in [0, 0.1) is 0 Å². The Morgan fingerprint density at radius 2 is 1.97 bits per heavy atom. The summed E-state index contributed by atoms with van der Waals surface area (Å²) in [7, 11) is 1.79. The monoisotopic (exact) mass is 541 g/mol. The van der Waals surface area contributed by atoms with Crippen LogP contribution in [-0.2, 0) is 37.2 Å². The minimum Gasteiger partial charge on any atom is -0.376 e. The molecule has 0 amide bonds. The van der Waals surface area contributed by atoms with Crippen LogP contribution in [0.15, 0.2) is 33.8 Å². The molecule has 0 bridgehead atoms. The molecule has 0 saturated carbocycles. The molecule has 1 aliphatic heterocycles. The van der Waals surface area contributed by atoms with Crippen molar-refractivity contribution in [3.8, 4) is 0 Å². The molecule has 1 aliphatic rings. The molecule has 2 N–H and O–H groups in total. The quantitative estimate of drug-likeness (QED) is 0.303. The topological polar surface area (TPSA) is 74.9 Å². The average molecular weight is 541 g/mol. The number of benzene rings is 1. The number of aromatic nitrogens is 1. The SMILES string of the molecule is CCc1noc(CC)c1CNC(=NC)NCc1cccc(CN2CCOC(C)C2)c1.I. The van der Waals surface area contributed by atoms with Crippen molar-refractivity contribution in [2.24, 2.45) is 4.99 Å². The summed E-state index contributed by atoms with van der Waals surface area (Å²) in [6, 6.07) is 8.74. The van der Waals surface area contributed by atoms with Crippen LogP contribution >= 0.6 is 24.0 Å². The normalized spacial score (nSPS) is 17.3. The first-order chi connectivity index (χ1) is 14.6. The minimum atomic E-state index is 0. The number of nitrogens with one attached hydrogen (secondary N) is 2. The lowest BCUT2D eigenvalue weighted by molar-refractivity contribution is -0.0212. The molecule has 8 heteroatoms. The Labute approximate surface area is 203 Å². The lowest BCUT2D eigenvalue weighted by Gasteiger charge is -2.31. The second-order valence-electron chi connectivity index (χ2n) is 7.75. The molecule has 2 heterocycles. The average Bonchev–Trinajstić information content (AvgIpc) is 3.16. The van der Waals surface area contributed by atoms with Crippen LogP contribution < -0.4 is 10.6 Å². The highest BCUT2D eigenvalue weighted by Gasteiger charge is 2.17. The Morgan fingerprint density at radius 1 is 1.19 bits per heavy atom. The Morgan fingerprint density at radius 3 is 2.68 bits per heavy atom. The van der Waals surface area contributed by atoms with E-state index in [9.17, 15) is 0 Å². The third-order valence-corrected chi connectivity index (χ3v) is 5.45. The Balaban J connectivity index is 0.00000341. The number of aliphatic imine (C=N–C) groups is 1. The van der Waals surface area contributed by atoms with Crippen molar-refractivity contribution in [3.63, 3.8) is 0 Å². The predicted octanol–water partition coefficient (Wildman–Crippen LogP) is 3.50. The van der Waals surface area contributed by atoms with E-state index in [0.717, 1.165) is 68.6 Å². The van der Waals surface area contributed by atoms with E-state index in [1.165, 1.54) is 11.1 Å². The van der Waals surface area contributed by atoms with Crippen molar-refractivity contribution in [2.75, 3.05) is 26.7 Å². The first-order valence-corrected chi connectivity index (χ1v) is 11.0. The summed E-state index contributed by atoms with van der Waals surface area (Å²) in [5.74, 6) is 1.72. The molecule has 0 aliphatic carbocycles. The molecule has 31 heavy (non-hydrogen) atoms. The number of hydrogen-bond donors (Lipinski definition) is 2. The molecule has 0 radical (unpaired) electrons. The van der Waals surface area contributed by atoms with E-state index in [1.807, 2.05) is 0 Å². The van der Waals surface area contributed by atoms with Gasteiger partial charge in [-0.2, -0.15) is 0 Å². The fourth-order valence-corrected chi connectivity index (χ4v) is 3.85. The van der Waals surface area contributed by atoms with Crippen LogP contribution in [0.3, 0.4) is 0 Å². The van der Waals surface area contributed by atoms with Gasteiger partial charge < -0.3 is 19.9 Å². The van der Waals surface area contributed by atoms with E-state index < -0.39 is 0 Å². The number of nitrogens with zero attached hydrogens (tertiary/aromatic N) is 3. The van der Waals surface area contributed by atoms with Crippen molar-refractivity contribution in [2.45, 2.75) is 59.4 Å². The number of aryl methyl sites for hydroxylation is 2.